The molecule has 8 unspecified atom stereocenters. The lowest BCUT2D eigenvalue weighted by molar-refractivity contribution is -0.145. The van der Waals surface area contributed by atoms with Crippen LogP contribution in [-0.4, -0.2) is 139 Å². The summed E-state index contributed by atoms with van der Waals surface area (Å²) in [6.45, 7) is 1.34. The molecule has 0 saturated carbocycles. The van der Waals surface area contributed by atoms with Gasteiger partial charge in [0.2, 0.25) is 0 Å². The van der Waals surface area contributed by atoms with Gasteiger partial charge in [-0.25, -0.2) is 0 Å². The van der Waals surface area contributed by atoms with Crippen LogP contribution < -0.4 is 0 Å². The lowest BCUT2D eigenvalue weighted by atomic mass is 9.94. The molecule has 10 nitrogen and oxygen atoms in total. The number of nitrogens with zero attached hydrogens (tertiary/aromatic N) is 2. The van der Waals surface area contributed by atoms with Gasteiger partial charge >= 0.3 is 0 Å². The number of hydrogen-bond acceptors (Lipinski definition) is 10. The number of aliphatic hydroxyl groups is 8. The highest BCUT2D eigenvalue weighted by atomic mass is 16.4. The number of likely N-dealkylation sites (tertiary alicyclic amines) is 2. The minimum absolute atomic E-state index is 0.250. The first-order chi connectivity index (χ1) is 15.3. The number of β-amino-alcohol motifs (C(OH)–C–C–N with tert-alkyl or cyclic N) is 2. The summed E-state index contributed by atoms with van der Waals surface area (Å²) in [5.74, 6) is 0. The van der Waals surface area contributed by atoms with E-state index in [1.165, 1.54) is 0 Å². The molecule has 2 aliphatic rings. The van der Waals surface area contributed by atoms with Crippen molar-refractivity contribution < 1.29 is 40.9 Å². The molecule has 0 aromatic heterocycles. The summed E-state index contributed by atoms with van der Waals surface area (Å²) in [6.07, 6.45) is 1.53. The largest absolute Gasteiger partial charge is 0.395 e. The molecule has 8 atom stereocenters. The zero-order chi connectivity index (χ0) is 23.7. The molecule has 10 heteroatoms. The van der Waals surface area contributed by atoms with Crippen LogP contribution in [0.25, 0.3) is 0 Å². The quantitative estimate of drug-likeness (QED) is 0.138. The lowest BCUT2D eigenvalue weighted by Gasteiger charge is -2.43. The summed E-state index contributed by atoms with van der Waals surface area (Å²) in [6, 6.07) is -1.08. The Kier molecular flexibility index (Phi) is 12.3. The van der Waals surface area contributed by atoms with Crippen LogP contribution in [0, 0.1) is 0 Å². The second-order valence-corrected chi connectivity index (χ2v) is 9.42. The molecule has 32 heavy (non-hydrogen) atoms. The molecule has 2 saturated heterocycles. The number of unbranched alkanes of at least 4 members (excludes halogenated alkanes) is 7. The first-order valence-electron chi connectivity index (χ1n) is 12.1. The number of rotatable bonds is 13. The summed E-state index contributed by atoms with van der Waals surface area (Å²) in [5.41, 5.74) is 0. The second-order valence-electron chi connectivity index (χ2n) is 9.42. The first-order valence-corrected chi connectivity index (χ1v) is 12.1. The van der Waals surface area contributed by atoms with Crippen LogP contribution in [0.5, 0.6) is 0 Å². The van der Waals surface area contributed by atoms with Crippen molar-refractivity contribution in [3.63, 3.8) is 0 Å². The van der Waals surface area contributed by atoms with Crippen molar-refractivity contribution in [2.75, 3.05) is 39.4 Å². The van der Waals surface area contributed by atoms with Gasteiger partial charge in [0.05, 0.1) is 37.5 Å². The molecule has 0 amide bonds. The van der Waals surface area contributed by atoms with Crippen molar-refractivity contribution in [2.24, 2.45) is 0 Å². The van der Waals surface area contributed by atoms with Crippen molar-refractivity contribution >= 4 is 0 Å². The Morgan fingerprint density at radius 1 is 0.469 bits per heavy atom. The Balaban J connectivity index is 1.51. The van der Waals surface area contributed by atoms with Gasteiger partial charge in [-0.05, 0) is 25.9 Å². The van der Waals surface area contributed by atoms with Crippen molar-refractivity contribution in [3.05, 3.63) is 0 Å². The van der Waals surface area contributed by atoms with Crippen LogP contribution in [0.3, 0.4) is 0 Å². The molecule has 0 spiro atoms. The van der Waals surface area contributed by atoms with Gasteiger partial charge in [-0.15, -0.1) is 0 Å². The van der Waals surface area contributed by atoms with Gasteiger partial charge in [-0.2, -0.15) is 0 Å². The second kappa shape index (κ2) is 14.1. The molecular formula is C22H44N2O8. The van der Waals surface area contributed by atoms with Gasteiger partial charge in [0, 0.05) is 13.1 Å². The molecule has 0 aromatic carbocycles. The van der Waals surface area contributed by atoms with Crippen LogP contribution in [0.1, 0.15) is 51.4 Å². The molecule has 8 N–H and O–H groups in total. The smallest absolute Gasteiger partial charge is 0.109 e. The van der Waals surface area contributed by atoms with Crippen molar-refractivity contribution in [1.29, 1.82) is 0 Å². The van der Waals surface area contributed by atoms with E-state index in [0.717, 1.165) is 51.4 Å². The summed E-state index contributed by atoms with van der Waals surface area (Å²) >= 11 is 0. The molecule has 2 heterocycles. The summed E-state index contributed by atoms with van der Waals surface area (Å²) in [7, 11) is 0. The first kappa shape index (κ1) is 27.8. The maximum absolute atomic E-state index is 10.0. The third-order valence-corrected chi connectivity index (χ3v) is 7.07. The van der Waals surface area contributed by atoms with Gasteiger partial charge in [-0.3, -0.25) is 9.80 Å². The van der Waals surface area contributed by atoms with Crippen LogP contribution in [-0.2, 0) is 0 Å². The van der Waals surface area contributed by atoms with E-state index in [4.69, 9.17) is 0 Å². The summed E-state index contributed by atoms with van der Waals surface area (Å²) in [5, 5.41) is 78.2. The zero-order valence-electron chi connectivity index (χ0n) is 19.0. The molecule has 0 aliphatic carbocycles. The molecular weight excluding hydrogens is 420 g/mol. The van der Waals surface area contributed by atoms with E-state index < -0.39 is 48.7 Å². The standard InChI is InChI=1S/C22H44N2O8/c25-13-15-19(29)21(31)17(27)11-23(15)9-7-5-3-1-2-4-6-8-10-24-12-18(28)22(32)20(30)16(24)14-26/h15-22,25-32H,1-14H2. The average Bonchev–Trinajstić information content (AvgIpc) is 2.77. The van der Waals surface area contributed by atoms with Crippen LogP contribution in [0.15, 0.2) is 0 Å². The van der Waals surface area contributed by atoms with Crippen LogP contribution >= 0.6 is 0 Å². The normalized spacial score (nSPS) is 37.1. The third-order valence-electron chi connectivity index (χ3n) is 7.07. The van der Waals surface area contributed by atoms with E-state index in [-0.39, 0.29) is 26.3 Å². The maximum atomic E-state index is 10.0. The van der Waals surface area contributed by atoms with Gasteiger partial charge < -0.3 is 40.9 Å². The van der Waals surface area contributed by atoms with E-state index in [1.54, 1.807) is 0 Å². The van der Waals surface area contributed by atoms with Crippen molar-refractivity contribution in [1.82, 2.24) is 9.80 Å². The van der Waals surface area contributed by atoms with E-state index >= 15 is 0 Å². The fraction of sp³-hybridized carbons (Fsp3) is 1.00. The van der Waals surface area contributed by atoms with E-state index in [2.05, 4.69) is 0 Å². The maximum Gasteiger partial charge on any atom is 0.109 e. The van der Waals surface area contributed by atoms with Crippen LogP contribution in [0.2, 0.25) is 0 Å². The Bertz CT molecular complexity index is 472. The molecule has 0 bridgehead atoms. The molecule has 190 valence electrons. The summed E-state index contributed by atoms with van der Waals surface area (Å²) in [4.78, 5) is 3.71. The Morgan fingerprint density at radius 2 is 0.781 bits per heavy atom. The van der Waals surface area contributed by atoms with E-state index in [0.29, 0.717) is 13.1 Å². The van der Waals surface area contributed by atoms with Crippen molar-refractivity contribution in [3.8, 4) is 0 Å². The number of hydrogen-bond donors (Lipinski definition) is 8. The van der Waals surface area contributed by atoms with Crippen LogP contribution in [0.4, 0.5) is 0 Å². The molecule has 2 fully saturated rings. The topological polar surface area (TPSA) is 168 Å². The summed E-state index contributed by atoms with van der Waals surface area (Å²) < 4.78 is 0. The van der Waals surface area contributed by atoms with E-state index in [9.17, 15) is 40.9 Å². The highest BCUT2D eigenvalue weighted by Gasteiger charge is 2.41. The van der Waals surface area contributed by atoms with Gasteiger partial charge in [-0.1, -0.05) is 38.5 Å². The van der Waals surface area contributed by atoms with E-state index in [1.807, 2.05) is 9.80 Å². The fourth-order valence-electron chi connectivity index (χ4n) is 4.96. The predicted molar refractivity (Wildman–Crippen MR) is 118 cm³/mol. The Hall–Kier alpha value is -0.400. The van der Waals surface area contributed by atoms with Gasteiger partial charge in [0.15, 0.2) is 0 Å². The average molecular weight is 465 g/mol. The molecule has 2 aliphatic heterocycles. The fourth-order valence-corrected chi connectivity index (χ4v) is 4.96. The molecule has 0 radical (unpaired) electrons. The minimum atomic E-state index is -1.21. The number of aliphatic hydroxyl groups excluding tert-OH is 8. The van der Waals surface area contributed by atoms with Crippen molar-refractivity contribution in [2.45, 2.75) is 100 Å². The molecule has 0 aromatic rings. The van der Waals surface area contributed by atoms with Gasteiger partial charge in [0.25, 0.3) is 0 Å². The highest BCUT2D eigenvalue weighted by Crippen LogP contribution is 2.21. The molecule has 2 rings (SSSR count). The Morgan fingerprint density at radius 3 is 1.09 bits per heavy atom. The predicted octanol–water partition coefficient (Wildman–Crippen LogP) is -2.37. The lowest BCUT2D eigenvalue weighted by Crippen LogP contribution is -2.62. The van der Waals surface area contributed by atoms with Gasteiger partial charge in [0.1, 0.15) is 24.4 Å². The SMILES string of the molecule is OCC1C(O)C(O)C(O)CN1CCCCCCCCCCN1CC(O)C(O)C(O)C1CO. The Labute approximate surface area is 190 Å². The zero-order valence-corrected chi connectivity index (χ0v) is 19.0. The third kappa shape index (κ3) is 7.56. The minimum Gasteiger partial charge on any atom is -0.395 e. The monoisotopic (exact) mass is 464 g/mol. The number of piperidine rings is 2. The highest BCUT2D eigenvalue weighted by molar-refractivity contribution is 4.95.